The number of carbonyl (C=O) groups is 1. The van der Waals surface area contributed by atoms with Crippen LogP contribution in [0.3, 0.4) is 0 Å². The standard InChI is InChI=1S/C18H30O18S/c1-3-5(19)11(32-17-10(24)8(22)14(4(2)31-17)37(29)36-35-28)13(16(27)30-3)34-18-9(23)6(20)7(21)12(33-18)15(25)26/h3-14,16-24,27-28H,1-2H3,(H,25,26)/t3?,4?,5-,6-,7+,8-,9?,10?,11+,12?,13?,14-,16?,17+,18-,37?/m1/s1. The van der Waals surface area contributed by atoms with Gasteiger partial charge in [0.1, 0.15) is 54.1 Å². The van der Waals surface area contributed by atoms with Crippen molar-refractivity contribution in [3.63, 3.8) is 0 Å². The van der Waals surface area contributed by atoms with Crippen LogP contribution in [-0.2, 0) is 48.9 Å². The van der Waals surface area contributed by atoms with Crippen LogP contribution in [0.1, 0.15) is 13.8 Å². The summed E-state index contributed by atoms with van der Waals surface area (Å²) in [6.07, 6.45) is -24.8. The Balaban J connectivity index is 1.81. The predicted molar refractivity (Wildman–Crippen MR) is 110 cm³/mol. The van der Waals surface area contributed by atoms with E-state index in [4.69, 9.17) is 28.9 Å². The van der Waals surface area contributed by atoms with Crippen molar-refractivity contribution in [2.45, 2.75) is 105 Å². The number of hydrogen-bond acceptors (Lipinski definition) is 17. The second-order valence-corrected chi connectivity index (χ2v) is 9.92. The molecule has 0 aromatic rings. The molecule has 0 radical (unpaired) electrons. The lowest BCUT2D eigenvalue weighted by atomic mass is 9.97. The van der Waals surface area contributed by atoms with Crippen LogP contribution in [0.15, 0.2) is 0 Å². The lowest BCUT2D eigenvalue weighted by Crippen LogP contribution is -2.66. The molecule has 3 aliphatic rings. The lowest BCUT2D eigenvalue weighted by molar-refractivity contribution is -0.435. The smallest absolute Gasteiger partial charge is 0.335 e. The number of carboxylic acid groups (broad SMARTS) is 1. The summed E-state index contributed by atoms with van der Waals surface area (Å²) in [6, 6.07) is 0. The van der Waals surface area contributed by atoms with Crippen molar-refractivity contribution >= 4 is 17.0 Å². The second kappa shape index (κ2) is 12.5. The minimum atomic E-state index is -2.49. The maximum atomic E-state index is 12.0. The average molecular weight is 566 g/mol. The summed E-state index contributed by atoms with van der Waals surface area (Å²) in [5.74, 6) is -1.70. The van der Waals surface area contributed by atoms with Crippen LogP contribution in [0.5, 0.6) is 0 Å². The highest BCUT2D eigenvalue weighted by Gasteiger charge is 2.54. The van der Waals surface area contributed by atoms with Gasteiger partial charge in [0.25, 0.3) is 0 Å². The van der Waals surface area contributed by atoms with Gasteiger partial charge in [-0.25, -0.2) is 14.3 Å². The number of hydrogen-bond donors (Lipinski definition) is 9. The van der Waals surface area contributed by atoms with Crippen LogP contribution in [0.25, 0.3) is 0 Å². The summed E-state index contributed by atoms with van der Waals surface area (Å²) in [5.41, 5.74) is 0. The Labute approximate surface area is 210 Å². The van der Waals surface area contributed by atoms with E-state index in [0.29, 0.717) is 0 Å². The minimum absolute atomic E-state index is 1.10. The van der Waals surface area contributed by atoms with Gasteiger partial charge >= 0.3 is 5.97 Å². The first kappa shape index (κ1) is 30.6. The molecule has 3 fully saturated rings. The molecule has 0 spiro atoms. The Morgan fingerprint density at radius 2 is 1.30 bits per heavy atom. The van der Waals surface area contributed by atoms with E-state index in [9.17, 15) is 49.9 Å². The van der Waals surface area contributed by atoms with E-state index in [1.54, 1.807) is 0 Å². The highest BCUT2D eigenvalue weighted by molar-refractivity contribution is 7.80. The topological polar surface area (TPSA) is 281 Å². The molecule has 18 nitrogen and oxygen atoms in total. The summed E-state index contributed by atoms with van der Waals surface area (Å²) in [7, 11) is 0. The summed E-state index contributed by atoms with van der Waals surface area (Å²) in [6.45, 7) is 2.65. The number of aliphatic hydroxyl groups is 7. The molecule has 16 atom stereocenters. The monoisotopic (exact) mass is 566 g/mol. The molecule has 9 N–H and O–H groups in total. The summed E-state index contributed by atoms with van der Waals surface area (Å²) in [5, 5.41) is 91.6. The Kier molecular flexibility index (Phi) is 10.3. The third-order valence-corrected chi connectivity index (χ3v) is 7.57. The zero-order valence-corrected chi connectivity index (χ0v) is 20.1. The van der Waals surface area contributed by atoms with E-state index in [2.05, 4.69) is 9.37 Å². The molecule has 216 valence electrons. The highest BCUT2D eigenvalue weighted by atomic mass is 32.2. The highest BCUT2D eigenvalue weighted by Crippen LogP contribution is 2.33. The van der Waals surface area contributed by atoms with Gasteiger partial charge in [0.2, 0.25) is 0 Å². The van der Waals surface area contributed by atoms with Crippen molar-refractivity contribution in [2.75, 3.05) is 0 Å². The lowest BCUT2D eigenvalue weighted by Gasteiger charge is -2.47. The molecule has 3 saturated heterocycles. The Bertz CT molecular complexity index is 803. The van der Waals surface area contributed by atoms with E-state index in [1.807, 2.05) is 0 Å². The minimum Gasteiger partial charge on any atom is -0.479 e. The zero-order chi connectivity index (χ0) is 27.8. The molecule has 0 aromatic heterocycles. The molecule has 0 amide bonds. The normalized spacial score (nSPS) is 49.9. The second-order valence-electron chi connectivity index (χ2n) is 8.72. The maximum absolute atomic E-state index is 12.0. The number of aliphatic hydroxyl groups excluding tert-OH is 7. The molecular formula is C18H30O18S. The number of ether oxygens (including phenoxy) is 5. The molecular weight excluding hydrogens is 536 g/mol. The van der Waals surface area contributed by atoms with Crippen molar-refractivity contribution in [1.82, 2.24) is 0 Å². The number of aliphatic carboxylic acids is 1. The Morgan fingerprint density at radius 1 is 0.730 bits per heavy atom. The van der Waals surface area contributed by atoms with E-state index < -0.39 is 108 Å². The summed E-state index contributed by atoms with van der Waals surface area (Å²) < 4.78 is 42.7. The van der Waals surface area contributed by atoms with Crippen molar-refractivity contribution < 1.29 is 88.2 Å². The van der Waals surface area contributed by atoms with Crippen LogP contribution in [0.4, 0.5) is 0 Å². The molecule has 0 bridgehead atoms. The largest absolute Gasteiger partial charge is 0.479 e. The van der Waals surface area contributed by atoms with Gasteiger partial charge in [0, 0.05) is 0 Å². The van der Waals surface area contributed by atoms with Crippen molar-refractivity contribution in [1.29, 1.82) is 0 Å². The molecule has 19 heteroatoms. The SMILES string of the molecule is CC1OC(O)C(O[C@H]2OC(C(=O)O)[C@@H](O)[C@@H](O)C2O)[C@@H](O[C@@H]2OC(C)[C@@H](S(=O)OOO)[C@H](O)C2O)[C@@H]1O. The number of carboxylic acids is 1. The van der Waals surface area contributed by atoms with Crippen LogP contribution in [0.2, 0.25) is 0 Å². The molecule has 3 heterocycles. The van der Waals surface area contributed by atoms with Gasteiger partial charge in [0.15, 0.2) is 36.1 Å². The van der Waals surface area contributed by atoms with Crippen molar-refractivity contribution in [2.24, 2.45) is 0 Å². The fourth-order valence-corrected chi connectivity index (χ4v) is 5.16. The average Bonchev–Trinajstić information content (AvgIpc) is 2.82. The fourth-order valence-electron chi connectivity index (χ4n) is 4.24. The van der Waals surface area contributed by atoms with Crippen molar-refractivity contribution in [3.05, 3.63) is 0 Å². The summed E-state index contributed by atoms with van der Waals surface area (Å²) in [4.78, 5) is 11.4. The Hall–Kier alpha value is -0.980. The van der Waals surface area contributed by atoms with Crippen LogP contribution >= 0.6 is 0 Å². The summed E-state index contributed by atoms with van der Waals surface area (Å²) >= 11 is -2.49. The van der Waals surface area contributed by atoms with Gasteiger partial charge in [-0.15, -0.1) is 4.33 Å². The van der Waals surface area contributed by atoms with Gasteiger partial charge < -0.3 is 64.5 Å². The van der Waals surface area contributed by atoms with Gasteiger partial charge in [-0.1, -0.05) is 5.04 Å². The first-order chi connectivity index (χ1) is 17.3. The van der Waals surface area contributed by atoms with Crippen LogP contribution < -0.4 is 0 Å². The first-order valence-electron chi connectivity index (χ1n) is 11.0. The fraction of sp³-hybridized carbons (Fsp3) is 0.944. The Morgan fingerprint density at radius 3 is 1.89 bits per heavy atom. The molecule has 0 aromatic carbocycles. The maximum Gasteiger partial charge on any atom is 0.335 e. The molecule has 0 saturated carbocycles. The third kappa shape index (κ3) is 6.27. The molecule has 37 heavy (non-hydrogen) atoms. The van der Waals surface area contributed by atoms with Gasteiger partial charge in [-0.2, -0.15) is 0 Å². The molecule has 0 aliphatic carbocycles. The quantitative estimate of drug-likeness (QED) is 0.0979. The van der Waals surface area contributed by atoms with Crippen LogP contribution in [0, 0.1) is 0 Å². The number of rotatable bonds is 8. The van der Waals surface area contributed by atoms with Gasteiger partial charge in [-0.3, -0.25) is 0 Å². The molecule has 8 unspecified atom stereocenters. The zero-order valence-electron chi connectivity index (χ0n) is 19.3. The third-order valence-electron chi connectivity index (χ3n) is 6.27. The van der Waals surface area contributed by atoms with E-state index >= 15 is 0 Å². The van der Waals surface area contributed by atoms with Gasteiger partial charge in [0.05, 0.1) is 12.2 Å². The van der Waals surface area contributed by atoms with E-state index in [-0.39, 0.29) is 0 Å². The van der Waals surface area contributed by atoms with E-state index in [0.717, 1.165) is 0 Å². The molecule has 3 rings (SSSR count). The predicted octanol–water partition coefficient (Wildman–Crippen LogP) is -5.33. The van der Waals surface area contributed by atoms with Crippen LogP contribution in [-0.4, -0.2) is 148 Å². The van der Waals surface area contributed by atoms with Gasteiger partial charge in [-0.05, 0) is 13.8 Å². The molecule has 3 aliphatic heterocycles. The van der Waals surface area contributed by atoms with Crippen molar-refractivity contribution in [3.8, 4) is 0 Å². The van der Waals surface area contributed by atoms with E-state index in [1.165, 1.54) is 13.8 Å². The first-order valence-corrected chi connectivity index (χ1v) is 12.1.